The fourth-order valence-corrected chi connectivity index (χ4v) is 3.84. The second kappa shape index (κ2) is 11.8. The maximum absolute atomic E-state index is 11.9. The van der Waals surface area contributed by atoms with Crippen molar-refractivity contribution in [1.82, 2.24) is 0 Å². The molecule has 1 atom stereocenters. The van der Waals surface area contributed by atoms with Gasteiger partial charge in [0.25, 0.3) is 0 Å². The van der Waals surface area contributed by atoms with Gasteiger partial charge >= 0.3 is 0 Å². The monoisotopic (exact) mass is 358 g/mol. The van der Waals surface area contributed by atoms with Gasteiger partial charge in [0.2, 0.25) is 5.91 Å². The number of benzene rings is 1. The van der Waals surface area contributed by atoms with Gasteiger partial charge in [-0.25, -0.2) is 0 Å². The van der Waals surface area contributed by atoms with E-state index in [0.717, 1.165) is 5.69 Å². The molecule has 3 N–H and O–H groups in total. The number of rotatable bonds is 11. The maximum Gasteiger partial charge on any atom is 0.250 e. The molecule has 0 saturated heterocycles. The molecule has 0 spiro atoms. The number of aryl methyl sites for hydroxylation is 1. The minimum Gasteiger partial charge on any atom is -0.378 e. The van der Waals surface area contributed by atoms with Gasteiger partial charge in [-0.2, -0.15) is 0 Å². The smallest absolute Gasteiger partial charge is 0.250 e. The van der Waals surface area contributed by atoms with Crippen LogP contribution >= 0.6 is 21.6 Å². The molecule has 0 fully saturated rings. The fourth-order valence-electron chi connectivity index (χ4n) is 2.02. The summed E-state index contributed by atoms with van der Waals surface area (Å²) in [6.07, 6.45) is 2.07. The summed E-state index contributed by atoms with van der Waals surface area (Å²) in [7, 11) is 3.55. The quantitative estimate of drug-likeness (QED) is 0.468. The Kier molecular flexibility index (Phi) is 10.4. The van der Waals surface area contributed by atoms with Gasteiger partial charge in [-0.3, -0.25) is 4.79 Å². The van der Waals surface area contributed by atoms with Crippen LogP contribution in [0.3, 0.4) is 0 Å². The van der Waals surface area contributed by atoms with E-state index in [1.165, 1.54) is 11.1 Å². The third-order valence-electron chi connectivity index (χ3n) is 3.11. The first kappa shape index (κ1) is 20.3. The number of carbonyl (C=O) groups is 1. The van der Waals surface area contributed by atoms with Crippen LogP contribution in [-0.2, 0) is 14.3 Å². The lowest BCUT2D eigenvalue weighted by Crippen LogP contribution is -2.20. The van der Waals surface area contributed by atoms with E-state index in [1.54, 1.807) is 21.6 Å². The highest BCUT2D eigenvalue weighted by Crippen LogP contribution is 2.38. The summed E-state index contributed by atoms with van der Waals surface area (Å²) in [6.45, 7) is 6.10. The zero-order valence-corrected chi connectivity index (χ0v) is 15.6. The molecule has 0 heterocycles. The van der Waals surface area contributed by atoms with Crippen molar-refractivity contribution in [3.05, 3.63) is 29.3 Å². The molecule has 0 radical (unpaired) electrons. The first-order valence-corrected chi connectivity index (χ1v) is 10.2. The summed E-state index contributed by atoms with van der Waals surface area (Å²) in [5.41, 5.74) is 8.57. The minimum absolute atomic E-state index is 0.0182. The van der Waals surface area contributed by atoms with E-state index < -0.39 is 0 Å². The first-order chi connectivity index (χ1) is 11.1. The number of ether oxygens (including phenoxy) is 2. The van der Waals surface area contributed by atoms with Crippen molar-refractivity contribution in [2.75, 3.05) is 44.5 Å². The average Bonchev–Trinajstić information content (AvgIpc) is 2.52. The van der Waals surface area contributed by atoms with Gasteiger partial charge < -0.3 is 20.5 Å². The molecular weight excluding hydrogens is 332 g/mol. The summed E-state index contributed by atoms with van der Waals surface area (Å²) in [6, 6.07) is 5.98. The number of hydrogen-bond donors (Lipinski definition) is 2. The molecule has 1 aromatic carbocycles. The third kappa shape index (κ3) is 8.08. The van der Waals surface area contributed by atoms with Crippen molar-refractivity contribution in [3.8, 4) is 0 Å². The molecule has 1 rings (SSSR count). The van der Waals surface area contributed by atoms with Crippen molar-refractivity contribution >= 4 is 33.2 Å². The van der Waals surface area contributed by atoms with E-state index in [4.69, 9.17) is 15.2 Å². The van der Waals surface area contributed by atoms with Gasteiger partial charge in [-0.1, -0.05) is 27.7 Å². The predicted molar refractivity (Wildman–Crippen MR) is 100 cm³/mol. The maximum atomic E-state index is 11.9. The lowest BCUT2D eigenvalue weighted by molar-refractivity contribution is -0.121. The van der Waals surface area contributed by atoms with Crippen LogP contribution in [0.4, 0.5) is 5.69 Å². The second-order valence-electron chi connectivity index (χ2n) is 4.98. The Labute approximate surface area is 146 Å². The van der Waals surface area contributed by atoms with E-state index in [1.807, 2.05) is 18.2 Å². The molecule has 0 aliphatic rings. The first-order valence-electron chi connectivity index (χ1n) is 7.54. The molecule has 0 bridgehead atoms. The van der Waals surface area contributed by atoms with E-state index >= 15 is 0 Å². The zero-order valence-electron chi connectivity index (χ0n) is 14.0. The highest BCUT2D eigenvalue weighted by molar-refractivity contribution is 8.76. The summed E-state index contributed by atoms with van der Waals surface area (Å²) in [4.78, 5) is 11.9. The number of anilines is 1. The Hall–Kier alpha value is -0.730. The van der Waals surface area contributed by atoms with Gasteiger partial charge in [0.1, 0.15) is 6.61 Å². The van der Waals surface area contributed by atoms with E-state index in [2.05, 4.69) is 25.4 Å². The van der Waals surface area contributed by atoms with Crippen LogP contribution in [0.5, 0.6) is 0 Å². The Morgan fingerprint density at radius 2 is 2.04 bits per heavy atom. The standard InChI is InChI=1S/C16H26N2O3S2/c1-12-4-5-14(10-15(12)13(2)23-22-3)18-16(19)11-21-9-8-20-7-6-17/h4-5,10,13H,6-9,11,17H2,1-3H3,(H,18,19). The molecule has 0 aromatic heterocycles. The number of nitrogens with one attached hydrogen (secondary N) is 1. The molecule has 0 aliphatic carbocycles. The van der Waals surface area contributed by atoms with Crippen LogP contribution in [0, 0.1) is 6.92 Å². The van der Waals surface area contributed by atoms with Crippen LogP contribution in [0.25, 0.3) is 0 Å². The fraction of sp³-hybridized carbons (Fsp3) is 0.562. The highest BCUT2D eigenvalue weighted by Gasteiger charge is 2.11. The number of carbonyl (C=O) groups excluding carboxylic acids is 1. The van der Waals surface area contributed by atoms with Gasteiger partial charge in [0.15, 0.2) is 0 Å². The summed E-state index contributed by atoms with van der Waals surface area (Å²) in [5, 5.41) is 3.24. The largest absolute Gasteiger partial charge is 0.378 e. The van der Waals surface area contributed by atoms with Gasteiger partial charge in [-0.15, -0.1) is 0 Å². The lowest BCUT2D eigenvalue weighted by Gasteiger charge is -2.15. The van der Waals surface area contributed by atoms with Crippen molar-refractivity contribution in [3.63, 3.8) is 0 Å². The topological polar surface area (TPSA) is 73.6 Å². The predicted octanol–water partition coefficient (Wildman–Crippen LogP) is 3.00. The number of hydrogen-bond acceptors (Lipinski definition) is 6. The molecule has 1 unspecified atom stereocenters. The molecule has 130 valence electrons. The summed E-state index contributed by atoms with van der Waals surface area (Å²) in [5.74, 6) is -0.163. The molecular formula is C16H26N2O3S2. The van der Waals surface area contributed by atoms with Crippen molar-refractivity contribution < 1.29 is 14.3 Å². The minimum atomic E-state index is -0.163. The van der Waals surface area contributed by atoms with Crippen molar-refractivity contribution in [2.45, 2.75) is 19.1 Å². The molecule has 23 heavy (non-hydrogen) atoms. The molecule has 0 aliphatic heterocycles. The normalized spacial score (nSPS) is 12.2. The Balaban J connectivity index is 2.44. The zero-order chi connectivity index (χ0) is 17.1. The van der Waals surface area contributed by atoms with Crippen LogP contribution in [0.15, 0.2) is 18.2 Å². The molecule has 1 aromatic rings. The van der Waals surface area contributed by atoms with E-state index in [0.29, 0.717) is 31.6 Å². The Morgan fingerprint density at radius 3 is 2.74 bits per heavy atom. The summed E-state index contributed by atoms with van der Waals surface area (Å²) < 4.78 is 10.4. The molecule has 5 nitrogen and oxygen atoms in total. The van der Waals surface area contributed by atoms with Gasteiger partial charge in [0, 0.05) is 17.5 Å². The van der Waals surface area contributed by atoms with Gasteiger partial charge in [-0.05, 0) is 43.4 Å². The number of nitrogens with two attached hydrogens (primary N) is 1. The summed E-state index contributed by atoms with van der Waals surface area (Å²) >= 11 is 0. The number of amides is 1. The van der Waals surface area contributed by atoms with Crippen LogP contribution in [-0.4, -0.2) is 45.1 Å². The third-order valence-corrected chi connectivity index (χ3v) is 5.29. The Bertz CT molecular complexity index is 486. The molecule has 7 heteroatoms. The van der Waals surface area contributed by atoms with E-state index in [9.17, 15) is 4.79 Å². The molecule has 0 saturated carbocycles. The van der Waals surface area contributed by atoms with Crippen molar-refractivity contribution in [2.24, 2.45) is 5.73 Å². The highest BCUT2D eigenvalue weighted by atomic mass is 33.1. The lowest BCUT2D eigenvalue weighted by atomic mass is 10.1. The van der Waals surface area contributed by atoms with E-state index in [-0.39, 0.29) is 12.5 Å². The second-order valence-corrected chi connectivity index (χ2v) is 7.79. The average molecular weight is 359 g/mol. The van der Waals surface area contributed by atoms with Crippen LogP contribution < -0.4 is 11.1 Å². The van der Waals surface area contributed by atoms with Crippen LogP contribution in [0.1, 0.15) is 23.3 Å². The molecule has 1 amide bonds. The van der Waals surface area contributed by atoms with Crippen molar-refractivity contribution in [1.29, 1.82) is 0 Å². The van der Waals surface area contributed by atoms with Crippen LogP contribution in [0.2, 0.25) is 0 Å². The SMILES string of the molecule is CSSC(C)c1cc(NC(=O)COCCOCCN)ccc1C. The van der Waals surface area contributed by atoms with Gasteiger partial charge in [0.05, 0.1) is 19.8 Å². The Morgan fingerprint density at radius 1 is 1.30 bits per heavy atom.